The van der Waals surface area contributed by atoms with Crippen LogP contribution in [-0.4, -0.2) is 17.6 Å². The molecule has 4 nitrogen and oxygen atoms in total. The van der Waals surface area contributed by atoms with Crippen LogP contribution in [0.25, 0.3) is 10.8 Å². The smallest absolute Gasteiger partial charge is 0.350 e. The molecule has 0 spiro atoms. The van der Waals surface area contributed by atoms with E-state index in [-0.39, 0.29) is 29.9 Å². The summed E-state index contributed by atoms with van der Waals surface area (Å²) >= 11 is 0. The predicted molar refractivity (Wildman–Crippen MR) is 100 cm³/mol. The highest BCUT2D eigenvalue weighted by Gasteiger charge is 2.42. The van der Waals surface area contributed by atoms with Crippen molar-refractivity contribution < 1.29 is 28.9 Å². The van der Waals surface area contributed by atoms with Crippen molar-refractivity contribution in [2.45, 2.75) is 12.3 Å². The number of benzene rings is 3. The fraction of sp³-hybridized carbons (Fsp3) is 0.150. The summed E-state index contributed by atoms with van der Waals surface area (Å²) in [6.45, 7) is -0.406. The number of alkyl halides is 2. The van der Waals surface area contributed by atoms with E-state index in [0.29, 0.717) is 0 Å². The van der Waals surface area contributed by atoms with Gasteiger partial charge in [-0.05, 0) is 29.7 Å². The molecule has 0 saturated carbocycles. The summed E-state index contributed by atoms with van der Waals surface area (Å²) in [6.07, 6.45) is -0.139. The van der Waals surface area contributed by atoms with Gasteiger partial charge in [0.25, 0.3) is 5.91 Å². The van der Waals surface area contributed by atoms with E-state index in [9.17, 15) is 22.4 Å². The van der Waals surface area contributed by atoms with Gasteiger partial charge in [0.15, 0.2) is 5.82 Å². The van der Waals surface area contributed by atoms with Crippen LogP contribution in [0.2, 0.25) is 0 Å². The van der Waals surface area contributed by atoms with Gasteiger partial charge in [0.05, 0.1) is 5.69 Å². The third-order valence-corrected chi connectivity index (χ3v) is 4.38. The number of aliphatic hydroxyl groups is 1. The van der Waals surface area contributed by atoms with E-state index in [1.807, 2.05) is 5.32 Å². The number of rotatable bonds is 5. The lowest BCUT2D eigenvalue weighted by molar-refractivity contribution is -0.140. The van der Waals surface area contributed by atoms with Gasteiger partial charge in [0.1, 0.15) is 5.82 Å². The number of anilines is 2. The third kappa shape index (κ3) is 3.38. The van der Waals surface area contributed by atoms with Crippen LogP contribution in [0.3, 0.4) is 0 Å². The Morgan fingerprint density at radius 1 is 1.07 bits per heavy atom. The number of fused-ring (bicyclic) bond motifs is 1. The molecular weight excluding hydrogens is 376 g/mol. The number of nitrogens with two attached hydrogens (primary N) is 1. The molecule has 0 radical (unpaired) electrons. The topological polar surface area (TPSA) is 75.3 Å². The van der Waals surface area contributed by atoms with E-state index in [1.54, 1.807) is 0 Å². The fourth-order valence-corrected chi connectivity index (χ4v) is 2.96. The standard InChI is InChI=1S/C20H16F4N2O2.H2/c21-15-6-5-14(11-3-1-2-4-12(11)15)20(23,24)19(28)26-17-8-7-16(25)13(9-10-27)18(17)22;/h1-8,27H,9-10,25H2,(H,26,28);1H. The molecule has 0 unspecified atom stereocenters. The number of hydrogen-bond acceptors (Lipinski definition) is 3. The minimum absolute atomic E-state index is 0. The average molecular weight is 394 g/mol. The summed E-state index contributed by atoms with van der Waals surface area (Å²) < 4.78 is 58.0. The van der Waals surface area contributed by atoms with Crippen LogP contribution in [0.5, 0.6) is 0 Å². The Morgan fingerprint density at radius 2 is 1.75 bits per heavy atom. The first-order chi connectivity index (χ1) is 13.3. The molecule has 3 aromatic rings. The predicted octanol–water partition coefficient (Wildman–Crippen LogP) is 4.21. The number of aliphatic hydroxyl groups excluding tert-OH is 1. The third-order valence-electron chi connectivity index (χ3n) is 4.38. The molecule has 0 fully saturated rings. The minimum Gasteiger partial charge on any atom is -0.398 e. The first-order valence-electron chi connectivity index (χ1n) is 8.32. The van der Waals surface area contributed by atoms with Crippen molar-refractivity contribution in [2.75, 3.05) is 17.7 Å². The molecule has 148 valence electrons. The van der Waals surface area contributed by atoms with Crippen molar-refractivity contribution in [1.29, 1.82) is 0 Å². The second kappa shape index (κ2) is 7.47. The van der Waals surface area contributed by atoms with E-state index in [0.717, 1.165) is 18.2 Å². The van der Waals surface area contributed by atoms with Crippen molar-refractivity contribution >= 4 is 28.1 Å². The average Bonchev–Trinajstić information content (AvgIpc) is 2.67. The first kappa shape index (κ1) is 19.6. The summed E-state index contributed by atoms with van der Waals surface area (Å²) in [5.74, 6) is -7.53. The number of halogens is 4. The van der Waals surface area contributed by atoms with E-state index in [1.165, 1.54) is 30.3 Å². The molecule has 3 aromatic carbocycles. The van der Waals surface area contributed by atoms with Gasteiger partial charge in [0.2, 0.25) is 0 Å². The van der Waals surface area contributed by atoms with Crippen molar-refractivity contribution in [3.05, 3.63) is 71.3 Å². The number of carbonyl (C=O) groups is 1. The van der Waals surface area contributed by atoms with E-state index in [2.05, 4.69) is 0 Å². The zero-order valence-corrected chi connectivity index (χ0v) is 14.5. The quantitative estimate of drug-likeness (QED) is 0.448. The van der Waals surface area contributed by atoms with Crippen molar-refractivity contribution in [1.82, 2.24) is 0 Å². The van der Waals surface area contributed by atoms with Gasteiger partial charge in [-0.2, -0.15) is 8.78 Å². The first-order valence-corrected chi connectivity index (χ1v) is 8.32. The number of hydrogen-bond donors (Lipinski definition) is 3. The van der Waals surface area contributed by atoms with Crippen LogP contribution in [-0.2, 0) is 17.1 Å². The number of carbonyl (C=O) groups excluding carboxylic acids is 1. The number of amides is 1. The molecular formula is C20H18F4N2O2. The number of nitrogen functional groups attached to an aromatic ring is 1. The Hall–Kier alpha value is -3.13. The maximum absolute atomic E-state index is 14.8. The summed E-state index contributed by atoms with van der Waals surface area (Å²) in [4.78, 5) is 12.3. The van der Waals surface area contributed by atoms with Gasteiger partial charge in [-0.15, -0.1) is 0 Å². The lowest BCUT2D eigenvalue weighted by atomic mass is 9.98. The molecule has 8 heteroatoms. The highest BCUT2D eigenvalue weighted by atomic mass is 19.3. The van der Waals surface area contributed by atoms with E-state index in [4.69, 9.17) is 10.8 Å². The van der Waals surface area contributed by atoms with Crippen molar-refractivity contribution in [3.8, 4) is 0 Å². The van der Waals surface area contributed by atoms with Crippen LogP contribution in [0.4, 0.5) is 28.9 Å². The van der Waals surface area contributed by atoms with Gasteiger partial charge in [0, 0.05) is 36.7 Å². The summed E-state index contributed by atoms with van der Waals surface area (Å²) in [6, 6.07) is 9.51. The van der Waals surface area contributed by atoms with Crippen LogP contribution < -0.4 is 11.1 Å². The highest BCUT2D eigenvalue weighted by Crippen LogP contribution is 2.36. The molecule has 0 aliphatic carbocycles. The van der Waals surface area contributed by atoms with E-state index < -0.39 is 41.3 Å². The highest BCUT2D eigenvalue weighted by molar-refractivity contribution is 6.00. The van der Waals surface area contributed by atoms with Gasteiger partial charge < -0.3 is 16.2 Å². The second-order valence-electron chi connectivity index (χ2n) is 6.14. The summed E-state index contributed by atoms with van der Waals surface area (Å²) in [5, 5.41) is 10.7. The lowest BCUT2D eigenvalue weighted by Crippen LogP contribution is -2.33. The molecule has 0 aliphatic rings. The van der Waals surface area contributed by atoms with Crippen molar-refractivity contribution in [3.63, 3.8) is 0 Å². The molecule has 28 heavy (non-hydrogen) atoms. The molecule has 4 N–H and O–H groups in total. The largest absolute Gasteiger partial charge is 0.398 e. The molecule has 0 atom stereocenters. The molecule has 0 saturated heterocycles. The fourth-order valence-electron chi connectivity index (χ4n) is 2.96. The van der Waals surface area contributed by atoms with Gasteiger partial charge in [-0.1, -0.05) is 24.3 Å². The number of nitrogens with one attached hydrogen (secondary N) is 1. The summed E-state index contributed by atoms with van der Waals surface area (Å²) in [5.41, 5.74) is 4.36. The van der Waals surface area contributed by atoms with Crippen LogP contribution in [0.15, 0.2) is 48.5 Å². The van der Waals surface area contributed by atoms with Crippen molar-refractivity contribution in [2.24, 2.45) is 0 Å². The van der Waals surface area contributed by atoms with Gasteiger partial charge in [-0.25, -0.2) is 8.78 Å². The van der Waals surface area contributed by atoms with E-state index >= 15 is 0 Å². The summed E-state index contributed by atoms with van der Waals surface area (Å²) in [7, 11) is 0. The van der Waals surface area contributed by atoms with Gasteiger partial charge >= 0.3 is 5.92 Å². The molecule has 0 heterocycles. The molecule has 0 aromatic heterocycles. The van der Waals surface area contributed by atoms with Crippen LogP contribution in [0, 0.1) is 11.6 Å². The second-order valence-corrected chi connectivity index (χ2v) is 6.14. The molecule has 0 aliphatic heterocycles. The zero-order valence-electron chi connectivity index (χ0n) is 14.5. The minimum atomic E-state index is -4.06. The Morgan fingerprint density at radius 3 is 2.43 bits per heavy atom. The Labute approximate surface area is 159 Å². The lowest BCUT2D eigenvalue weighted by Gasteiger charge is -2.19. The Balaban J connectivity index is 0.00000300. The monoisotopic (exact) mass is 394 g/mol. The van der Waals surface area contributed by atoms with Crippen LogP contribution >= 0.6 is 0 Å². The Bertz CT molecular complexity index is 1060. The maximum atomic E-state index is 14.8. The zero-order chi connectivity index (χ0) is 20.5. The normalized spacial score (nSPS) is 11.6. The Kier molecular flexibility index (Phi) is 5.24. The van der Waals surface area contributed by atoms with Gasteiger partial charge in [-0.3, -0.25) is 4.79 Å². The SMILES string of the molecule is Nc1ccc(NC(=O)C(F)(F)c2ccc(F)c3ccccc23)c(F)c1CCO.[HH]. The van der Waals surface area contributed by atoms with Crippen LogP contribution in [0.1, 0.15) is 12.6 Å². The molecule has 3 rings (SSSR count). The molecule has 0 bridgehead atoms. The molecule has 1 amide bonds. The maximum Gasteiger partial charge on any atom is 0.350 e.